The second-order valence-corrected chi connectivity index (χ2v) is 9.44. The first-order valence-corrected chi connectivity index (χ1v) is 11.6. The van der Waals surface area contributed by atoms with Gasteiger partial charge in [-0.05, 0) is 44.2 Å². The van der Waals surface area contributed by atoms with Crippen molar-refractivity contribution in [1.29, 1.82) is 0 Å². The molecule has 0 fully saturated rings. The predicted molar refractivity (Wildman–Crippen MR) is 120 cm³/mol. The van der Waals surface area contributed by atoms with Gasteiger partial charge in [-0.25, -0.2) is 17.8 Å². The smallest absolute Gasteiger partial charge is 0.222 e. The molecule has 2 N–H and O–H groups in total. The molecule has 0 aliphatic heterocycles. The molecule has 0 aliphatic rings. The van der Waals surface area contributed by atoms with Crippen LogP contribution in [0, 0.1) is 5.82 Å². The SMILES string of the molecule is CC(=O)Nc1ccc(-c2cc(Nc3cc(OC(C)C)cc(S(C)(=O)=O)c3)c(F)cn2)cn1. The number of ether oxygens (including phenoxy) is 1. The molecule has 0 saturated carbocycles. The van der Waals surface area contributed by atoms with Gasteiger partial charge in [0.05, 0.1) is 28.6 Å². The standard InChI is InChI=1S/C22H23FN4O4S/c1-13(2)31-17-7-16(8-18(9-17)32(4,29)30)27-21-10-20(24-12-19(21)23)15-5-6-22(25-11-15)26-14(3)28/h5-13H,1-4H3,(H,24,27)(H,25,26,28). The van der Waals surface area contributed by atoms with Gasteiger partial charge in [0.2, 0.25) is 5.91 Å². The highest BCUT2D eigenvalue weighted by atomic mass is 32.2. The number of pyridine rings is 2. The zero-order chi connectivity index (χ0) is 23.5. The molecule has 0 atom stereocenters. The number of carbonyl (C=O) groups excluding carboxylic acids is 1. The van der Waals surface area contributed by atoms with Crippen molar-refractivity contribution in [3.8, 4) is 17.0 Å². The average molecular weight is 459 g/mol. The van der Waals surface area contributed by atoms with Crippen molar-refractivity contribution in [2.75, 3.05) is 16.9 Å². The van der Waals surface area contributed by atoms with Crippen molar-refractivity contribution < 1.29 is 22.3 Å². The van der Waals surface area contributed by atoms with Crippen molar-refractivity contribution >= 4 is 32.9 Å². The van der Waals surface area contributed by atoms with Gasteiger partial charge in [-0.1, -0.05) is 0 Å². The summed E-state index contributed by atoms with van der Waals surface area (Å²) in [4.78, 5) is 19.4. The number of sulfone groups is 1. The van der Waals surface area contributed by atoms with Gasteiger partial charge in [0, 0.05) is 36.7 Å². The van der Waals surface area contributed by atoms with Crippen LogP contribution in [-0.4, -0.2) is 36.7 Å². The van der Waals surface area contributed by atoms with Crippen LogP contribution in [-0.2, 0) is 14.6 Å². The van der Waals surface area contributed by atoms with Gasteiger partial charge >= 0.3 is 0 Å². The number of rotatable bonds is 7. The lowest BCUT2D eigenvalue weighted by Crippen LogP contribution is -2.07. The number of anilines is 3. The van der Waals surface area contributed by atoms with Gasteiger partial charge in [0.25, 0.3) is 0 Å². The Balaban J connectivity index is 1.95. The molecule has 0 unspecified atom stereocenters. The largest absolute Gasteiger partial charge is 0.491 e. The number of nitrogens with one attached hydrogen (secondary N) is 2. The second kappa shape index (κ2) is 9.31. The highest BCUT2D eigenvalue weighted by Gasteiger charge is 2.14. The molecule has 168 valence electrons. The minimum Gasteiger partial charge on any atom is -0.491 e. The topological polar surface area (TPSA) is 110 Å². The van der Waals surface area contributed by atoms with Crippen molar-refractivity contribution in [3.63, 3.8) is 0 Å². The minimum absolute atomic E-state index is 0.0468. The van der Waals surface area contributed by atoms with E-state index in [0.717, 1.165) is 12.5 Å². The number of halogens is 1. The lowest BCUT2D eigenvalue weighted by molar-refractivity contribution is -0.114. The Morgan fingerprint density at radius 3 is 2.44 bits per heavy atom. The maximum absolute atomic E-state index is 14.5. The summed E-state index contributed by atoms with van der Waals surface area (Å²) in [5.74, 6) is -0.128. The van der Waals surface area contributed by atoms with Crippen LogP contribution in [0.3, 0.4) is 0 Å². The quantitative estimate of drug-likeness (QED) is 0.547. The van der Waals surface area contributed by atoms with Gasteiger partial charge in [-0.3, -0.25) is 9.78 Å². The Kier molecular flexibility index (Phi) is 6.73. The molecule has 2 heterocycles. The number of hydrogen-bond donors (Lipinski definition) is 2. The van der Waals surface area contributed by atoms with Crippen molar-refractivity contribution in [1.82, 2.24) is 9.97 Å². The van der Waals surface area contributed by atoms with E-state index in [0.29, 0.717) is 28.5 Å². The molecule has 10 heteroatoms. The first kappa shape index (κ1) is 23.1. The number of benzene rings is 1. The van der Waals surface area contributed by atoms with Crippen LogP contribution in [0.2, 0.25) is 0 Å². The normalized spacial score (nSPS) is 11.3. The molecule has 3 rings (SSSR count). The molecular weight excluding hydrogens is 435 g/mol. The Labute approximate surface area is 185 Å². The van der Waals surface area contributed by atoms with Crippen LogP contribution in [0.4, 0.5) is 21.6 Å². The number of nitrogens with zero attached hydrogens (tertiary/aromatic N) is 2. The Morgan fingerprint density at radius 2 is 1.84 bits per heavy atom. The number of carbonyl (C=O) groups is 1. The third-order valence-electron chi connectivity index (χ3n) is 4.18. The summed E-state index contributed by atoms with van der Waals surface area (Å²) in [7, 11) is -3.51. The van der Waals surface area contributed by atoms with Gasteiger partial charge in [-0.2, -0.15) is 0 Å². The van der Waals surface area contributed by atoms with E-state index >= 15 is 0 Å². The van der Waals surface area contributed by atoms with Crippen LogP contribution >= 0.6 is 0 Å². The second-order valence-electron chi connectivity index (χ2n) is 7.42. The zero-order valence-corrected chi connectivity index (χ0v) is 18.8. The lowest BCUT2D eigenvalue weighted by atomic mass is 10.1. The number of amides is 1. The molecule has 1 aromatic carbocycles. The lowest BCUT2D eigenvalue weighted by Gasteiger charge is -2.15. The zero-order valence-electron chi connectivity index (χ0n) is 18.0. The number of hydrogen-bond acceptors (Lipinski definition) is 7. The van der Waals surface area contributed by atoms with Crippen LogP contribution in [0.15, 0.2) is 53.7 Å². The number of aromatic nitrogens is 2. The van der Waals surface area contributed by atoms with Crippen LogP contribution < -0.4 is 15.4 Å². The highest BCUT2D eigenvalue weighted by Crippen LogP contribution is 2.30. The van der Waals surface area contributed by atoms with E-state index in [-0.39, 0.29) is 22.6 Å². The summed E-state index contributed by atoms with van der Waals surface area (Å²) in [6.45, 7) is 5.02. The van der Waals surface area contributed by atoms with E-state index in [1.54, 1.807) is 18.2 Å². The summed E-state index contributed by atoms with van der Waals surface area (Å²) in [6, 6.07) is 9.22. The van der Waals surface area contributed by atoms with Crippen molar-refractivity contribution in [3.05, 3.63) is 54.6 Å². The van der Waals surface area contributed by atoms with Crippen molar-refractivity contribution in [2.45, 2.75) is 31.8 Å². The van der Waals surface area contributed by atoms with Gasteiger partial charge in [0.1, 0.15) is 11.6 Å². The molecule has 0 bridgehead atoms. The van der Waals surface area contributed by atoms with Gasteiger partial charge in [-0.15, -0.1) is 0 Å². The fourth-order valence-corrected chi connectivity index (χ4v) is 3.52. The predicted octanol–water partition coefficient (Wildman–Crippen LogP) is 4.18. The first-order chi connectivity index (χ1) is 15.0. The summed E-state index contributed by atoms with van der Waals surface area (Å²) >= 11 is 0. The summed E-state index contributed by atoms with van der Waals surface area (Å²) in [5.41, 5.74) is 1.49. The summed E-state index contributed by atoms with van der Waals surface area (Å²) in [6.07, 6.45) is 3.49. The third-order valence-corrected chi connectivity index (χ3v) is 5.27. The third kappa shape index (κ3) is 6.01. The van der Waals surface area contributed by atoms with E-state index < -0.39 is 15.7 Å². The molecule has 0 aliphatic carbocycles. The molecular formula is C22H23FN4O4S. The Hall–Kier alpha value is -3.53. The van der Waals surface area contributed by atoms with E-state index in [4.69, 9.17) is 4.74 Å². The summed E-state index contributed by atoms with van der Waals surface area (Å²) < 4.78 is 44.3. The van der Waals surface area contributed by atoms with Crippen LogP contribution in [0.5, 0.6) is 5.75 Å². The van der Waals surface area contributed by atoms with E-state index in [2.05, 4.69) is 20.6 Å². The molecule has 1 amide bonds. The Morgan fingerprint density at radius 1 is 1.09 bits per heavy atom. The Bertz CT molecular complexity index is 1250. The molecule has 8 nitrogen and oxygen atoms in total. The maximum Gasteiger partial charge on any atom is 0.222 e. The highest BCUT2D eigenvalue weighted by molar-refractivity contribution is 7.90. The van der Waals surface area contributed by atoms with E-state index in [1.165, 1.54) is 31.3 Å². The van der Waals surface area contributed by atoms with E-state index in [9.17, 15) is 17.6 Å². The van der Waals surface area contributed by atoms with Crippen LogP contribution in [0.1, 0.15) is 20.8 Å². The summed E-state index contributed by atoms with van der Waals surface area (Å²) in [5, 5.41) is 5.48. The van der Waals surface area contributed by atoms with Crippen molar-refractivity contribution in [2.24, 2.45) is 0 Å². The van der Waals surface area contributed by atoms with Gasteiger partial charge in [0.15, 0.2) is 15.7 Å². The van der Waals surface area contributed by atoms with E-state index in [1.807, 2.05) is 13.8 Å². The fraction of sp³-hybridized carbons (Fsp3) is 0.227. The van der Waals surface area contributed by atoms with Crippen LogP contribution in [0.25, 0.3) is 11.3 Å². The molecule has 3 aromatic rings. The fourth-order valence-electron chi connectivity index (χ4n) is 2.85. The van der Waals surface area contributed by atoms with Gasteiger partial charge < -0.3 is 15.4 Å². The molecule has 0 spiro atoms. The molecule has 0 radical (unpaired) electrons. The monoisotopic (exact) mass is 458 g/mol. The minimum atomic E-state index is -3.51. The molecule has 2 aromatic heterocycles. The first-order valence-electron chi connectivity index (χ1n) is 9.69. The average Bonchev–Trinajstić information content (AvgIpc) is 2.68. The maximum atomic E-state index is 14.5. The molecule has 0 saturated heterocycles. The molecule has 32 heavy (non-hydrogen) atoms.